The van der Waals surface area contributed by atoms with Gasteiger partial charge < -0.3 is 24.6 Å². The van der Waals surface area contributed by atoms with Crippen molar-refractivity contribution < 1.29 is 24.5 Å². The molecule has 1 heterocycles. The molecule has 2 fully saturated rings. The number of carbonyl (C=O) groups is 1. The summed E-state index contributed by atoms with van der Waals surface area (Å²) < 4.78 is 12.1. The van der Waals surface area contributed by atoms with Crippen molar-refractivity contribution in [2.24, 2.45) is 5.41 Å². The van der Waals surface area contributed by atoms with Crippen LogP contribution in [0.1, 0.15) is 56.6 Å². The third kappa shape index (κ3) is 4.53. The number of aliphatic hydroxyl groups excluding tert-OH is 2. The number of likely N-dealkylation sites (tertiary alicyclic amines) is 1. The average molecular weight is 468 g/mol. The highest BCUT2D eigenvalue weighted by atomic mass is 16.5. The third-order valence-corrected chi connectivity index (χ3v) is 8.21. The third-order valence-electron chi connectivity index (χ3n) is 8.21. The first-order chi connectivity index (χ1) is 16.3. The number of rotatable bonds is 8. The molecule has 2 aliphatic rings. The molecule has 2 aromatic rings. The Morgan fingerprint density at radius 3 is 2.47 bits per heavy atom. The maximum atomic E-state index is 12.2. The Labute approximate surface area is 202 Å². The second-order valence-electron chi connectivity index (χ2n) is 10.2. The molecule has 1 aliphatic carbocycles. The van der Waals surface area contributed by atoms with E-state index < -0.39 is 18.1 Å². The van der Waals surface area contributed by atoms with Gasteiger partial charge in [-0.25, -0.2) is 0 Å². The molecule has 184 valence electrons. The fourth-order valence-corrected chi connectivity index (χ4v) is 5.81. The Bertz CT molecular complexity index is 986. The number of carbonyl (C=O) groups excluding carboxylic acids is 1. The Hall–Kier alpha value is -2.57. The van der Waals surface area contributed by atoms with Crippen LogP contribution < -0.4 is 9.47 Å². The van der Waals surface area contributed by atoms with Gasteiger partial charge in [-0.05, 0) is 43.0 Å². The highest BCUT2D eigenvalue weighted by Crippen LogP contribution is 2.47. The Balaban J connectivity index is 1.62. The second-order valence-corrected chi connectivity index (χ2v) is 10.2. The van der Waals surface area contributed by atoms with Gasteiger partial charge in [-0.1, -0.05) is 56.2 Å². The monoisotopic (exact) mass is 467 g/mol. The van der Waals surface area contributed by atoms with Gasteiger partial charge in [0.2, 0.25) is 5.91 Å². The fraction of sp³-hybridized carbons (Fsp3) is 0.536. The van der Waals surface area contributed by atoms with E-state index in [1.54, 1.807) is 18.9 Å². The van der Waals surface area contributed by atoms with Crippen LogP contribution in [0.2, 0.25) is 0 Å². The molecular weight excluding hydrogens is 430 g/mol. The molecule has 0 aromatic heterocycles. The SMILES string of the molecule is COc1ccc(C2CN(C(=O)CO)CC2(C)C(C)O)cc1OCC1(c2ccccc2)CCCC1. The fourth-order valence-electron chi connectivity index (χ4n) is 5.81. The van der Waals surface area contributed by atoms with E-state index in [9.17, 15) is 15.0 Å². The van der Waals surface area contributed by atoms with Crippen molar-refractivity contribution in [1.82, 2.24) is 4.90 Å². The van der Waals surface area contributed by atoms with E-state index in [-0.39, 0.29) is 17.2 Å². The molecular formula is C28H37NO5. The minimum absolute atomic E-state index is 0.00585. The minimum atomic E-state index is -0.625. The van der Waals surface area contributed by atoms with E-state index >= 15 is 0 Å². The van der Waals surface area contributed by atoms with Gasteiger partial charge in [0.25, 0.3) is 0 Å². The van der Waals surface area contributed by atoms with Crippen LogP contribution in [0.5, 0.6) is 11.5 Å². The van der Waals surface area contributed by atoms with Crippen LogP contribution in [0.4, 0.5) is 0 Å². The summed E-state index contributed by atoms with van der Waals surface area (Å²) in [5, 5.41) is 20.0. The minimum Gasteiger partial charge on any atom is -0.493 e. The van der Waals surface area contributed by atoms with E-state index in [1.165, 1.54) is 18.4 Å². The predicted molar refractivity (Wildman–Crippen MR) is 131 cm³/mol. The van der Waals surface area contributed by atoms with E-state index in [1.807, 2.05) is 31.2 Å². The number of ether oxygens (including phenoxy) is 2. The number of benzene rings is 2. The Morgan fingerprint density at radius 2 is 1.85 bits per heavy atom. The zero-order valence-corrected chi connectivity index (χ0v) is 20.5. The standard InChI is InChI=1S/C28H37NO5/c1-20(31)27(2)18-29(26(32)17-30)16-23(27)21-11-12-24(33-3)25(15-21)34-19-28(13-7-8-14-28)22-9-5-4-6-10-22/h4-6,9-12,15,20,23,30-31H,7-8,13-14,16-19H2,1-3H3. The molecule has 3 atom stereocenters. The maximum absolute atomic E-state index is 12.2. The van der Waals surface area contributed by atoms with Crippen LogP contribution in [0, 0.1) is 5.41 Å². The van der Waals surface area contributed by atoms with E-state index in [0.717, 1.165) is 18.4 Å². The van der Waals surface area contributed by atoms with Gasteiger partial charge >= 0.3 is 0 Å². The number of aliphatic hydroxyl groups is 2. The van der Waals surface area contributed by atoms with Crippen LogP contribution in [0.15, 0.2) is 48.5 Å². The molecule has 6 nitrogen and oxygen atoms in total. The largest absolute Gasteiger partial charge is 0.493 e. The zero-order chi connectivity index (χ0) is 24.3. The summed E-state index contributed by atoms with van der Waals surface area (Å²) in [6.07, 6.45) is 3.96. The quantitative estimate of drug-likeness (QED) is 0.616. The molecule has 1 saturated carbocycles. The van der Waals surface area contributed by atoms with E-state index in [4.69, 9.17) is 9.47 Å². The first-order valence-electron chi connectivity index (χ1n) is 12.3. The van der Waals surface area contributed by atoms with Crippen molar-refractivity contribution in [3.05, 3.63) is 59.7 Å². The highest BCUT2D eigenvalue weighted by molar-refractivity contribution is 5.77. The summed E-state index contributed by atoms with van der Waals surface area (Å²) in [7, 11) is 1.64. The van der Waals surface area contributed by atoms with Gasteiger partial charge in [-0.15, -0.1) is 0 Å². The van der Waals surface area contributed by atoms with Crippen molar-refractivity contribution in [3.8, 4) is 11.5 Å². The number of methoxy groups -OCH3 is 1. The molecule has 6 heteroatoms. The summed E-state index contributed by atoms with van der Waals surface area (Å²) in [4.78, 5) is 13.9. The lowest BCUT2D eigenvalue weighted by atomic mass is 9.72. The Morgan fingerprint density at radius 1 is 1.15 bits per heavy atom. The summed E-state index contributed by atoms with van der Waals surface area (Å²) in [6.45, 7) is 4.66. The number of amides is 1. The van der Waals surface area contributed by atoms with Gasteiger partial charge in [0, 0.05) is 29.8 Å². The molecule has 2 N–H and O–H groups in total. The average Bonchev–Trinajstić information content (AvgIpc) is 3.49. The predicted octanol–water partition coefficient (Wildman–Crippen LogP) is 3.89. The van der Waals surface area contributed by atoms with Gasteiger partial charge in [0.15, 0.2) is 11.5 Å². The molecule has 0 radical (unpaired) electrons. The van der Waals surface area contributed by atoms with E-state index in [2.05, 4.69) is 24.3 Å². The summed E-state index contributed by atoms with van der Waals surface area (Å²) >= 11 is 0. The number of hydrogen-bond donors (Lipinski definition) is 2. The molecule has 0 spiro atoms. The Kier molecular flexibility index (Phi) is 7.20. The van der Waals surface area contributed by atoms with Gasteiger partial charge in [0.05, 0.1) is 19.8 Å². The van der Waals surface area contributed by atoms with E-state index in [0.29, 0.717) is 31.2 Å². The smallest absolute Gasteiger partial charge is 0.248 e. The summed E-state index contributed by atoms with van der Waals surface area (Å²) in [5.74, 6) is 0.947. The topological polar surface area (TPSA) is 79.2 Å². The van der Waals surface area contributed by atoms with Crippen molar-refractivity contribution in [1.29, 1.82) is 0 Å². The first-order valence-corrected chi connectivity index (χ1v) is 12.3. The van der Waals surface area contributed by atoms with Crippen LogP contribution in [0.25, 0.3) is 0 Å². The lowest BCUT2D eigenvalue weighted by molar-refractivity contribution is -0.133. The zero-order valence-electron chi connectivity index (χ0n) is 20.5. The maximum Gasteiger partial charge on any atom is 0.248 e. The molecule has 34 heavy (non-hydrogen) atoms. The van der Waals surface area contributed by atoms with Crippen molar-refractivity contribution in [2.45, 2.75) is 57.0 Å². The molecule has 2 aromatic carbocycles. The highest BCUT2D eigenvalue weighted by Gasteiger charge is 2.48. The van der Waals surface area contributed by atoms with Gasteiger partial charge in [-0.2, -0.15) is 0 Å². The summed E-state index contributed by atoms with van der Waals surface area (Å²) in [6, 6.07) is 16.5. The molecule has 1 amide bonds. The molecule has 0 bridgehead atoms. The second kappa shape index (κ2) is 9.96. The lowest BCUT2D eigenvalue weighted by Gasteiger charge is -2.34. The molecule has 4 rings (SSSR count). The normalized spacial score (nSPS) is 24.7. The number of hydrogen-bond acceptors (Lipinski definition) is 5. The van der Waals surface area contributed by atoms with Gasteiger partial charge in [0.1, 0.15) is 6.61 Å². The lowest BCUT2D eigenvalue weighted by Crippen LogP contribution is -2.38. The van der Waals surface area contributed by atoms with Crippen molar-refractivity contribution in [2.75, 3.05) is 33.4 Å². The van der Waals surface area contributed by atoms with Gasteiger partial charge in [-0.3, -0.25) is 4.79 Å². The van der Waals surface area contributed by atoms with Crippen LogP contribution in [-0.2, 0) is 10.2 Å². The van der Waals surface area contributed by atoms with Crippen LogP contribution >= 0.6 is 0 Å². The van der Waals surface area contributed by atoms with Crippen LogP contribution in [0.3, 0.4) is 0 Å². The molecule has 1 saturated heterocycles. The van der Waals surface area contributed by atoms with Crippen LogP contribution in [-0.4, -0.2) is 60.5 Å². The molecule has 1 aliphatic heterocycles. The first kappa shape index (κ1) is 24.6. The van der Waals surface area contributed by atoms with Crippen molar-refractivity contribution >= 4 is 5.91 Å². The van der Waals surface area contributed by atoms with Crippen molar-refractivity contribution in [3.63, 3.8) is 0 Å². The summed E-state index contributed by atoms with van der Waals surface area (Å²) in [5.41, 5.74) is 1.77. The number of nitrogens with zero attached hydrogens (tertiary/aromatic N) is 1. The molecule has 3 unspecified atom stereocenters.